The third-order valence-electron chi connectivity index (χ3n) is 9.23. The Kier molecular flexibility index (Phi) is 4.32. The third kappa shape index (κ3) is 2.17. The van der Waals surface area contributed by atoms with Crippen LogP contribution in [0.1, 0.15) is 52.9 Å². The summed E-state index contributed by atoms with van der Waals surface area (Å²) in [4.78, 5) is 24.6. The normalized spacial score (nSPS) is 50.5. The number of terminal acetylenes is 1. The van der Waals surface area contributed by atoms with Crippen molar-refractivity contribution in [1.29, 1.82) is 0 Å². The summed E-state index contributed by atoms with van der Waals surface area (Å²) in [6, 6.07) is 0. The molecule has 150 valence electrons. The molecule has 0 bridgehead atoms. The Balaban J connectivity index is 0.000000932. The van der Waals surface area contributed by atoms with Gasteiger partial charge < -0.3 is 5.11 Å². The summed E-state index contributed by atoms with van der Waals surface area (Å²) < 4.78 is 0. The number of ketones is 2. The summed E-state index contributed by atoms with van der Waals surface area (Å²) in [5, 5.41) is 11.9. The highest BCUT2D eigenvalue weighted by Crippen LogP contribution is 2.72. The summed E-state index contributed by atoms with van der Waals surface area (Å²) in [5.41, 5.74) is -0.566. The van der Waals surface area contributed by atoms with Gasteiger partial charge >= 0.3 is 0 Å². The minimum absolute atomic E-state index is 0.0344. The summed E-state index contributed by atoms with van der Waals surface area (Å²) in [6.07, 6.45) is 16.2. The Labute approximate surface area is 172 Å². The lowest BCUT2D eigenvalue weighted by atomic mass is 9.47. The second-order valence-corrected chi connectivity index (χ2v) is 10.3. The standard InChI is InChI=1S/C22H27ClO3.C2H2/c1-11(24)22(26)7-5-14-12-9-18(23)17-10-19(25)13-8-16(13)21(17,3)15(12)4-6-20(14,22)2;1-2/h9-10,12-16,26H,4-8H2,1-3H3;1-2H/t12-,13+,14-,15-,16-,20-,21-,22-;/m0./s1. The lowest BCUT2D eigenvalue weighted by Crippen LogP contribution is -2.56. The van der Waals surface area contributed by atoms with Gasteiger partial charge in [-0.1, -0.05) is 31.5 Å². The maximum Gasteiger partial charge on any atom is 0.161 e. The maximum atomic E-state index is 12.3. The van der Waals surface area contributed by atoms with Crippen LogP contribution in [0.15, 0.2) is 22.8 Å². The van der Waals surface area contributed by atoms with Crippen molar-refractivity contribution in [2.24, 2.45) is 40.4 Å². The van der Waals surface area contributed by atoms with Gasteiger partial charge in [0.05, 0.1) is 0 Å². The van der Waals surface area contributed by atoms with Crippen LogP contribution in [0.3, 0.4) is 0 Å². The van der Waals surface area contributed by atoms with Crippen molar-refractivity contribution in [3.05, 3.63) is 22.8 Å². The van der Waals surface area contributed by atoms with Crippen molar-refractivity contribution in [2.45, 2.75) is 58.5 Å². The van der Waals surface area contributed by atoms with Gasteiger partial charge in [-0.25, -0.2) is 0 Å². The predicted molar refractivity (Wildman–Crippen MR) is 109 cm³/mol. The fourth-order valence-electron chi connectivity index (χ4n) is 7.56. The number of hydrogen-bond donors (Lipinski definition) is 1. The van der Waals surface area contributed by atoms with E-state index in [4.69, 9.17) is 11.6 Å². The predicted octanol–water partition coefficient (Wildman–Crippen LogP) is 4.29. The fraction of sp³-hybridized carbons (Fsp3) is 0.667. The molecule has 0 radical (unpaired) electrons. The number of Topliss-reactive ketones (excluding diaryl/α,β-unsaturated/α-hetero) is 1. The van der Waals surface area contributed by atoms with Crippen LogP contribution >= 0.6 is 11.6 Å². The van der Waals surface area contributed by atoms with Gasteiger partial charge in [-0.2, -0.15) is 0 Å². The Bertz CT molecular complexity index is 838. The zero-order valence-electron chi connectivity index (χ0n) is 16.9. The minimum Gasteiger partial charge on any atom is -0.382 e. The van der Waals surface area contributed by atoms with Gasteiger partial charge in [-0.05, 0) is 74.3 Å². The van der Waals surface area contributed by atoms with Gasteiger partial charge in [0.1, 0.15) is 5.60 Å². The van der Waals surface area contributed by atoms with Gasteiger partial charge in [0, 0.05) is 21.8 Å². The molecule has 3 fully saturated rings. The van der Waals surface area contributed by atoms with Crippen molar-refractivity contribution in [2.75, 3.05) is 0 Å². The molecule has 0 aromatic heterocycles. The molecule has 0 heterocycles. The molecule has 5 rings (SSSR count). The van der Waals surface area contributed by atoms with Crippen molar-refractivity contribution in [1.82, 2.24) is 0 Å². The second kappa shape index (κ2) is 6.07. The molecule has 3 nitrogen and oxygen atoms in total. The molecule has 0 aromatic rings. The highest BCUT2D eigenvalue weighted by molar-refractivity contribution is 6.32. The molecule has 3 saturated carbocycles. The zero-order valence-corrected chi connectivity index (χ0v) is 17.6. The molecule has 4 heteroatoms. The Hall–Kier alpha value is -1.37. The highest BCUT2D eigenvalue weighted by Gasteiger charge is 2.69. The van der Waals surface area contributed by atoms with Crippen LogP contribution in [0.5, 0.6) is 0 Å². The molecule has 8 atom stereocenters. The van der Waals surface area contributed by atoms with Crippen LogP contribution < -0.4 is 0 Å². The van der Waals surface area contributed by atoms with Gasteiger partial charge in [-0.15, -0.1) is 12.8 Å². The molecule has 0 amide bonds. The number of carbonyl (C=O) groups is 2. The van der Waals surface area contributed by atoms with Gasteiger partial charge in [0.25, 0.3) is 0 Å². The summed E-state index contributed by atoms with van der Waals surface area (Å²) >= 11 is 6.73. The Morgan fingerprint density at radius 3 is 2.46 bits per heavy atom. The van der Waals surface area contributed by atoms with E-state index in [1.807, 2.05) is 6.08 Å². The number of fused-ring (bicyclic) bond motifs is 7. The lowest BCUT2D eigenvalue weighted by Gasteiger charge is -2.57. The number of allylic oxidation sites excluding steroid dienone is 4. The van der Waals surface area contributed by atoms with E-state index in [9.17, 15) is 14.7 Å². The third-order valence-corrected chi connectivity index (χ3v) is 9.56. The molecule has 0 unspecified atom stereocenters. The SMILES string of the molecule is C#C.CC(=O)[C@@]1(O)CC[C@H]2[C@@H]3C=C(Cl)C4=CC(=O)[C@@H]5C[C@@H]5[C@]4(C)[C@H]3CC[C@@]21C. The molecule has 0 saturated heterocycles. The molecule has 5 aliphatic rings. The molecule has 28 heavy (non-hydrogen) atoms. The number of rotatable bonds is 1. The van der Waals surface area contributed by atoms with Crippen LogP contribution in [0, 0.1) is 53.3 Å². The highest BCUT2D eigenvalue weighted by atomic mass is 35.5. The van der Waals surface area contributed by atoms with Crippen LogP contribution in [-0.2, 0) is 9.59 Å². The number of hydrogen-bond acceptors (Lipinski definition) is 3. The summed E-state index contributed by atoms with van der Waals surface area (Å²) in [5.74, 6) is 1.78. The Morgan fingerprint density at radius 1 is 1.18 bits per heavy atom. The number of aliphatic hydroxyl groups is 1. The number of halogens is 1. The first-order chi connectivity index (χ1) is 13.1. The van der Waals surface area contributed by atoms with E-state index in [0.717, 1.165) is 36.3 Å². The van der Waals surface area contributed by atoms with Crippen molar-refractivity contribution in [3.63, 3.8) is 0 Å². The van der Waals surface area contributed by atoms with Crippen LogP contribution in [0.4, 0.5) is 0 Å². The van der Waals surface area contributed by atoms with Crippen LogP contribution in [0.25, 0.3) is 0 Å². The molecule has 0 aromatic carbocycles. The summed E-state index contributed by atoms with van der Waals surface area (Å²) in [7, 11) is 0. The first-order valence-corrected chi connectivity index (χ1v) is 10.7. The van der Waals surface area contributed by atoms with Crippen molar-refractivity contribution >= 4 is 23.2 Å². The monoisotopic (exact) mass is 400 g/mol. The zero-order chi connectivity index (χ0) is 20.6. The topological polar surface area (TPSA) is 54.4 Å². The molecule has 1 N–H and O–H groups in total. The molecule has 5 aliphatic carbocycles. The largest absolute Gasteiger partial charge is 0.382 e. The van der Waals surface area contributed by atoms with Gasteiger partial charge in [-0.3, -0.25) is 9.59 Å². The first kappa shape index (κ1) is 19.9. The van der Waals surface area contributed by atoms with Crippen molar-refractivity contribution in [3.8, 4) is 12.8 Å². The van der Waals surface area contributed by atoms with Crippen molar-refractivity contribution < 1.29 is 14.7 Å². The van der Waals surface area contributed by atoms with E-state index in [1.54, 1.807) is 0 Å². The first-order valence-electron chi connectivity index (χ1n) is 10.3. The average Bonchev–Trinajstić information content (AvgIpc) is 3.42. The van der Waals surface area contributed by atoms with Crippen LogP contribution in [0.2, 0.25) is 0 Å². The maximum absolute atomic E-state index is 12.3. The Morgan fingerprint density at radius 2 is 1.82 bits per heavy atom. The molecule has 0 aliphatic heterocycles. The van der Waals surface area contributed by atoms with E-state index < -0.39 is 5.60 Å². The van der Waals surface area contributed by atoms with E-state index in [2.05, 4.69) is 32.8 Å². The molecular formula is C24H29ClO3. The summed E-state index contributed by atoms with van der Waals surface area (Å²) in [6.45, 7) is 5.97. The average molecular weight is 401 g/mol. The van der Waals surface area contributed by atoms with E-state index in [0.29, 0.717) is 18.3 Å². The lowest BCUT2D eigenvalue weighted by molar-refractivity contribution is -0.157. The smallest absolute Gasteiger partial charge is 0.161 e. The molecular weight excluding hydrogens is 372 g/mol. The minimum atomic E-state index is -1.20. The molecule has 0 spiro atoms. The number of carbonyl (C=O) groups excluding carboxylic acids is 2. The van der Waals surface area contributed by atoms with Gasteiger partial charge in [0.2, 0.25) is 0 Å². The van der Waals surface area contributed by atoms with Gasteiger partial charge in [0.15, 0.2) is 11.6 Å². The van der Waals surface area contributed by atoms with E-state index in [1.165, 1.54) is 6.92 Å². The van der Waals surface area contributed by atoms with E-state index >= 15 is 0 Å². The fourth-order valence-corrected chi connectivity index (χ4v) is 7.96. The van der Waals surface area contributed by atoms with Crippen LogP contribution in [-0.4, -0.2) is 22.3 Å². The van der Waals surface area contributed by atoms with E-state index in [-0.39, 0.29) is 40.2 Å². The quantitative estimate of drug-likeness (QED) is 0.668. The second-order valence-electron chi connectivity index (χ2n) is 9.91.